The second-order valence-electron chi connectivity index (χ2n) is 9.72. The first kappa shape index (κ1) is 27.0. The summed E-state index contributed by atoms with van der Waals surface area (Å²) in [6.07, 6.45) is 2.24. The summed E-state index contributed by atoms with van der Waals surface area (Å²) >= 11 is 6.16. The van der Waals surface area contributed by atoms with E-state index in [1.54, 1.807) is 0 Å². The molecule has 0 saturated carbocycles. The number of nitrogens with one attached hydrogen (secondary N) is 2. The number of hydrogen-bond acceptors (Lipinski definition) is 8. The van der Waals surface area contributed by atoms with Gasteiger partial charge in [0.15, 0.2) is 0 Å². The van der Waals surface area contributed by atoms with Crippen LogP contribution in [0, 0.1) is 13.8 Å². The molecule has 0 aliphatic carbocycles. The van der Waals surface area contributed by atoms with Crippen LogP contribution in [0.5, 0.6) is 0 Å². The van der Waals surface area contributed by atoms with Gasteiger partial charge >= 0.3 is 0 Å². The number of piperidine rings is 1. The van der Waals surface area contributed by atoms with Crippen molar-refractivity contribution in [3.63, 3.8) is 0 Å². The fourth-order valence-electron chi connectivity index (χ4n) is 4.83. The second kappa shape index (κ2) is 10.9. The van der Waals surface area contributed by atoms with Crippen molar-refractivity contribution in [1.29, 1.82) is 0 Å². The molecule has 0 radical (unpaired) electrons. The average molecular weight is 569 g/mol. The summed E-state index contributed by atoms with van der Waals surface area (Å²) in [5.74, 6) is 0.840. The first-order valence-electron chi connectivity index (χ1n) is 12.6. The van der Waals surface area contributed by atoms with Gasteiger partial charge in [-0.3, -0.25) is 4.79 Å². The summed E-state index contributed by atoms with van der Waals surface area (Å²) in [6, 6.07) is 13.1. The van der Waals surface area contributed by atoms with E-state index in [9.17, 15) is 13.2 Å². The highest BCUT2D eigenvalue weighted by atomic mass is 35.5. The Kier molecular flexibility index (Phi) is 7.57. The number of aromatic nitrogens is 3. The molecule has 5 rings (SSSR count). The van der Waals surface area contributed by atoms with Crippen LogP contribution in [0.2, 0.25) is 5.02 Å². The van der Waals surface area contributed by atoms with Crippen LogP contribution >= 0.6 is 11.6 Å². The molecule has 0 spiro atoms. The van der Waals surface area contributed by atoms with Crippen molar-refractivity contribution in [2.75, 3.05) is 24.7 Å². The number of hydrogen-bond donors (Lipinski definition) is 2. The van der Waals surface area contributed by atoms with E-state index in [-0.39, 0.29) is 11.9 Å². The number of aryl methyl sites for hydroxylation is 2. The molecule has 1 saturated heterocycles. The number of benzene rings is 2. The summed E-state index contributed by atoms with van der Waals surface area (Å²) in [6.45, 7) is 4.91. The van der Waals surface area contributed by atoms with Crippen molar-refractivity contribution in [2.24, 2.45) is 0 Å². The topological polar surface area (TPSA) is 130 Å². The lowest BCUT2D eigenvalue weighted by atomic mass is 10.0. The number of anilines is 1. The predicted octanol–water partition coefficient (Wildman–Crippen LogP) is 4.32. The predicted molar refractivity (Wildman–Crippen MR) is 150 cm³/mol. The lowest BCUT2D eigenvalue weighted by Gasteiger charge is -2.30. The number of rotatable bonds is 7. The second-order valence-corrected chi connectivity index (χ2v) is 12.1. The van der Waals surface area contributed by atoms with Crippen LogP contribution in [0.4, 0.5) is 5.82 Å². The summed E-state index contributed by atoms with van der Waals surface area (Å²) in [7, 11) is -3.25. The normalized spacial score (nSPS) is 15.0. The molecule has 1 fully saturated rings. The molecule has 2 N–H and O–H groups in total. The Hall–Kier alpha value is -3.54. The van der Waals surface area contributed by atoms with Crippen LogP contribution in [-0.2, 0) is 16.6 Å². The number of halogens is 1. The molecule has 204 valence electrons. The quantitative estimate of drug-likeness (QED) is 0.337. The molecule has 1 aliphatic heterocycles. The zero-order valence-corrected chi connectivity index (χ0v) is 23.4. The molecule has 0 atom stereocenters. The largest absolute Gasteiger partial charge is 0.365 e. The van der Waals surface area contributed by atoms with Gasteiger partial charge in [-0.05, 0) is 62.1 Å². The maximum Gasteiger partial charge on any atom is 0.289 e. The Morgan fingerprint density at radius 2 is 1.90 bits per heavy atom. The highest BCUT2D eigenvalue weighted by Gasteiger charge is 2.27. The number of sulfonamides is 1. The van der Waals surface area contributed by atoms with Gasteiger partial charge in [-0.1, -0.05) is 35.0 Å². The monoisotopic (exact) mass is 568 g/mol. The van der Waals surface area contributed by atoms with Crippen LogP contribution in [0.25, 0.3) is 22.0 Å². The van der Waals surface area contributed by atoms with Gasteiger partial charge < -0.3 is 15.2 Å². The van der Waals surface area contributed by atoms with E-state index < -0.39 is 15.9 Å². The molecule has 2 aromatic carbocycles. The number of carbonyl (C=O) groups excluding carboxylic acids is 1. The number of nitrogens with zero attached hydrogens (tertiary/aromatic N) is 4. The molecule has 1 aliphatic rings. The number of amides is 1. The standard InChI is InChI=1S/C27H29ClN6O4S/c1-16-24(17(2)38-33-16)19-7-8-23-22(14-19)25(29-15-18-5-4-6-20(28)13-18)32-26(31-23)27(35)30-21-9-11-34(12-10-21)39(3,36)37/h4-8,13-14,21H,9-12,15H2,1-3H3,(H,30,35)(H,29,31,32). The third kappa shape index (κ3) is 6.05. The molecule has 12 heteroatoms. The van der Waals surface area contributed by atoms with Crippen LogP contribution < -0.4 is 10.6 Å². The van der Waals surface area contributed by atoms with Gasteiger partial charge in [0.2, 0.25) is 15.8 Å². The molecule has 10 nitrogen and oxygen atoms in total. The average Bonchev–Trinajstić information content (AvgIpc) is 3.24. The van der Waals surface area contributed by atoms with E-state index in [0.717, 1.165) is 27.8 Å². The van der Waals surface area contributed by atoms with E-state index in [0.29, 0.717) is 54.6 Å². The molecule has 0 bridgehead atoms. The first-order chi connectivity index (χ1) is 18.6. The summed E-state index contributed by atoms with van der Waals surface area (Å²) in [5, 5.41) is 11.8. The Morgan fingerprint density at radius 1 is 1.13 bits per heavy atom. The maximum absolute atomic E-state index is 13.2. The molecule has 4 aromatic rings. The van der Waals surface area contributed by atoms with Crippen LogP contribution in [0.15, 0.2) is 47.0 Å². The van der Waals surface area contributed by atoms with Crippen LogP contribution in [0.1, 0.15) is 40.5 Å². The van der Waals surface area contributed by atoms with Gasteiger partial charge in [0, 0.05) is 41.6 Å². The molecular weight excluding hydrogens is 540 g/mol. The Balaban J connectivity index is 1.45. The molecule has 0 unspecified atom stereocenters. The lowest BCUT2D eigenvalue weighted by Crippen LogP contribution is -2.46. The fraction of sp³-hybridized carbons (Fsp3) is 0.333. The van der Waals surface area contributed by atoms with Crippen molar-refractivity contribution in [3.8, 4) is 11.1 Å². The Labute approximate surface area is 231 Å². The highest BCUT2D eigenvalue weighted by molar-refractivity contribution is 7.88. The van der Waals surface area contributed by atoms with Gasteiger partial charge in [-0.2, -0.15) is 0 Å². The van der Waals surface area contributed by atoms with Gasteiger partial charge in [-0.15, -0.1) is 0 Å². The fourth-order valence-corrected chi connectivity index (χ4v) is 5.92. The summed E-state index contributed by atoms with van der Waals surface area (Å²) < 4.78 is 30.4. The van der Waals surface area contributed by atoms with E-state index in [1.807, 2.05) is 56.3 Å². The van der Waals surface area contributed by atoms with Gasteiger partial charge in [0.05, 0.1) is 17.5 Å². The minimum absolute atomic E-state index is 0.0340. The third-order valence-corrected chi connectivity index (χ3v) is 8.37. The maximum atomic E-state index is 13.2. The zero-order valence-electron chi connectivity index (χ0n) is 21.9. The molecule has 1 amide bonds. The summed E-state index contributed by atoms with van der Waals surface area (Å²) in [4.78, 5) is 22.4. The summed E-state index contributed by atoms with van der Waals surface area (Å²) in [5.41, 5.74) is 4.15. The third-order valence-electron chi connectivity index (χ3n) is 6.83. The van der Waals surface area contributed by atoms with Crippen molar-refractivity contribution in [3.05, 3.63) is 70.3 Å². The van der Waals surface area contributed by atoms with Crippen molar-refractivity contribution in [1.82, 2.24) is 24.7 Å². The molecule has 39 heavy (non-hydrogen) atoms. The van der Waals surface area contributed by atoms with Gasteiger partial charge in [0.25, 0.3) is 5.91 Å². The lowest BCUT2D eigenvalue weighted by molar-refractivity contribution is 0.0914. The van der Waals surface area contributed by atoms with Crippen LogP contribution in [0.3, 0.4) is 0 Å². The van der Waals surface area contributed by atoms with E-state index in [1.165, 1.54) is 10.6 Å². The molecule has 2 aromatic heterocycles. The number of fused-ring (bicyclic) bond motifs is 1. The van der Waals surface area contributed by atoms with Crippen molar-refractivity contribution >= 4 is 44.3 Å². The van der Waals surface area contributed by atoms with Gasteiger partial charge in [-0.25, -0.2) is 22.7 Å². The molecule has 3 heterocycles. The molecular formula is C27H29ClN6O4S. The van der Waals surface area contributed by atoms with Crippen LogP contribution in [-0.4, -0.2) is 59.1 Å². The Morgan fingerprint density at radius 3 is 2.56 bits per heavy atom. The zero-order chi connectivity index (χ0) is 27.7. The minimum Gasteiger partial charge on any atom is -0.365 e. The van der Waals surface area contributed by atoms with E-state index in [2.05, 4.69) is 25.8 Å². The Bertz CT molecular complexity index is 1630. The smallest absolute Gasteiger partial charge is 0.289 e. The minimum atomic E-state index is -3.25. The highest BCUT2D eigenvalue weighted by Crippen LogP contribution is 2.31. The first-order valence-corrected chi connectivity index (χ1v) is 14.8. The SMILES string of the molecule is Cc1noc(C)c1-c1ccc2nc(C(=O)NC3CCN(S(C)(=O)=O)CC3)nc(NCc3cccc(Cl)c3)c2c1. The number of carbonyl (C=O) groups is 1. The van der Waals surface area contributed by atoms with Gasteiger partial charge in [0.1, 0.15) is 11.6 Å². The van der Waals surface area contributed by atoms with Crippen molar-refractivity contribution < 1.29 is 17.7 Å². The van der Waals surface area contributed by atoms with E-state index >= 15 is 0 Å². The van der Waals surface area contributed by atoms with Crippen molar-refractivity contribution in [2.45, 2.75) is 39.3 Å². The van der Waals surface area contributed by atoms with E-state index in [4.69, 9.17) is 16.1 Å².